The SMILES string of the molecule is O=C(O)C1=CC=CN(Cc2cccc(F)c2)C1SCCCc1ccc(F)cc1. The molecule has 0 fully saturated rings. The average molecular weight is 401 g/mol. The van der Waals surface area contributed by atoms with Crippen LogP contribution in [0.5, 0.6) is 0 Å². The number of hydrogen-bond acceptors (Lipinski definition) is 3. The molecule has 6 heteroatoms. The van der Waals surface area contributed by atoms with Crippen molar-refractivity contribution in [2.45, 2.75) is 24.8 Å². The van der Waals surface area contributed by atoms with Crippen molar-refractivity contribution >= 4 is 17.7 Å². The van der Waals surface area contributed by atoms with Gasteiger partial charge in [0.15, 0.2) is 0 Å². The lowest BCUT2D eigenvalue weighted by molar-refractivity contribution is -0.133. The Morgan fingerprint density at radius 2 is 1.86 bits per heavy atom. The topological polar surface area (TPSA) is 40.5 Å². The van der Waals surface area contributed by atoms with Gasteiger partial charge in [0.05, 0.1) is 5.57 Å². The number of carboxylic acids is 1. The Morgan fingerprint density at radius 3 is 2.57 bits per heavy atom. The molecule has 1 unspecified atom stereocenters. The van der Waals surface area contributed by atoms with Crippen molar-refractivity contribution in [3.05, 3.63) is 95.2 Å². The van der Waals surface area contributed by atoms with Gasteiger partial charge < -0.3 is 10.0 Å². The highest BCUT2D eigenvalue weighted by Gasteiger charge is 2.27. The van der Waals surface area contributed by atoms with Crippen molar-refractivity contribution in [1.82, 2.24) is 4.90 Å². The maximum absolute atomic E-state index is 13.5. The average Bonchev–Trinajstić information content (AvgIpc) is 2.67. The highest BCUT2D eigenvalue weighted by molar-refractivity contribution is 8.00. The van der Waals surface area contributed by atoms with Crippen LogP contribution in [0.4, 0.5) is 8.78 Å². The van der Waals surface area contributed by atoms with Gasteiger partial charge in [0.25, 0.3) is 0 Å². The molecular formula is C22H21F2NO2S. The molecule has 2 aromatic rings. The highest BCUT2D eigenvalue weighted by atomic mass is 32.2. The number of rotatable bonds is 8. The number of carbonyl (C=O) groups is 1. The van der Waals surface area contributed by atoms with Crippen molar-refractivity contribution in [3.8, 4) is 0 Å². The number of thioether (sulfide) groups is 1. The van der Waals surface area contributed by atoms with Gasteiger partial charge in [-0.05, 0) is 66.1 Å². The Morgan fingerprint density at radius 1 is 1.07 bits per heavy atom. The van der Waals surface area contributed by atoms with E-state index in [0.717, 1.165) is 29.7 Å². The Labute approximate surface area is 167 Å². The Bertz CT molecular complexity index is 880. The smallest absolute Gasteiger partial charge is 0.334 e. The standard InChI is InChI=1S/C22H21F2NO2S/c23-18-10-8-16(9-11-18)5-3-13-28-21-20(22(26)27)7-2-12-25(21)15-17-4-1-6-19(24)14-17/h1-2,4,6-12,14,21H,3,5,13,15H2,(H,26,27). The molecule has 0 saturated heterocycles. The third-order valence-electron chi connectivity index (χ3n) is 4.42. The van der Waals surface area contributed by atoms with E-state index in [2.05, 4.69) is 0 Å². The van der Waals surface area contributed by atoms with Crippen molar-refractivity contribution in [3.63, 3.8) is 0 Å². The normalized spacial score (nSPS) is 16.1. The first-order valence-electron chi connectivity index (χ1n) is 9.01. The lowest BCUT2D eigenvalue weighted by atomic mass is 10.1. The number of allylic oxidation sites excluding steroid dienone is 2. The molecule has 0 aromatic heterocycles. The first-order valence-corrected chi connectivity index (χ1v) is 10.1. The number of aliphatic carboxylic acids is 1. The van der Waals surface area contributed by atoms with Crippen molar-refractivity contribution in [2.75, 3.05) is 5.75 Å². The van der Waals surface area contributed by atoms with E-state index in [1.165, 1.54) is 24.3 Å². The molecule has 28 heavy (non-hydrogen) atoms. The number of aryl methyl sites for hydroxylation is 1. The van der Waals surface area contributed by atoms with Gasteiger partial charge in [-0.1, -0.05) is 24.3 Å². The summed E-state index contributed by atoms with van der Waals surface area (Å²) in [5, 5.41) is 9.21. The predicted molar refractivity (Wildman–Crippen MR) is 108 cm³/mol. The minimum Gasteiger partial charge on any atom is -0.478 e. The van der Waals surface area contributed by atoms with E-state index in [1.807, 2.05) is 17.2 Å². The largest absolute Gasteiger partial charge is 0.478 e. The van der Waals surface area contributed by atoms with Crippen molar-refractivity contribution in [1.29, 1.82) is 0 Å². The van der Waals surface area contributed by atoms with Gasteiger partial charge in [0.1, 0.15) is 17.0 Å². The van der Waals surface area contributed by atoms with E-state index in [-0.39, 0.29) is 17.0 Å². The first kappa shape index (κ1) is 20.1. The van der Waals surface area contributed by atoms with Crippen LogP contribution >= 0.6 is 11.8 Å². The summed E-state index contributed by atoms with van der Waals surface area (Å²) in [6.07, 6.45) is 6.80. The van der Waals surface area contributed by atoms with Gasteiger partial charge >= 0.3 is 5.97 Å². The van der Waals surface area contributed by atoms with Crippen LogP contribution in [0, 0.1) is 11.6 Å². The van der Waals surface area contributed by atoms with Gasteiger partial charge in [-0.25, -0.2) is 13.6 Å². The van der Waals surface area contributed by atoms with Crippen LogP contribution in [0.15, 0.2) is 72.5 Å². The molecule has 0 radical (unpaired) electrons. The van der Waals surface area contributed by atoms with Gasteiger partial charge in [0.2, 0.25) is 0 Å². The van der Waals surface area contributed by atoms with E-state index < -0.39 is 5.97 Å². The van der Waals surface area contributed by atoms with Gasteiger partial charge in [-0.15, -0.1) is 11.8 Å². The molecule has 1 aliphatic heterocycles. The molecule has 0 saturated carbocycles. The van der Waals surface area contributed by atoms with Crippen LogP contribution in [0.1, 0.15) is 17.5 Å². The summed E-state index contributed by atoms with van der Waals surface area (Å²) in [5.74, 6) is -0.767. The molecule has 0 aliphatic carbocycles. The summed E-state index contributed by atoms with van der Waals surface area (Å²) in [5.41, 5.74) is 2.15. The van der Waals surface area contributed by atoms with E-state index in [4.69, 9.17) is 0 Å². The fourth-order valence-electron chi connectivity index (χ4n) is 3.06. The molecular weight excluding hydrogens is 380 g/mol. The van der Waals surface area contributed by atoms with Gasteiger partial charge in [0, 0.05) is 12.7 Å². The summed E-state index contributed by atoms with van der Waals surface area (Å²) in [6.45, 7) is 0.425. The zero-order valence-corrected chi connectivity index (χ0v) is 16.0. The lowest BCUT2D eigenvalue weighted by Gasteiger charge is -2.33. The second kappa shape index (κ2) is 9.55. The van der Waals surface area contributed by atoms with Crippen LogP contribution in [0.3, 0.4) is 0 Å². The Hall–Kier alpha value is -2.60. The third-order valence-corrected chi connectivity index (χ3v) is 5.79. The summed E-state index contributed by atoms with van der Waals surface area (Å²) >= 11 is 1.55. The number of halogens is 2. The fraction of sp³-hybridized carbons (Fsp3) is 0.227. The molecule has 2 aromatic carbocycles. The molecule has 1 aliphatic rings. The molecule has 1 atom stereocenters. The Kier molecular flexibility index (Phi) is 6.87. The van der Waals surface area contributed by atoms with E-state index in [1.54, 1.807) is 42.1 Å². The lowest BCUT2D eigenvalue weighted by Crippen LogP contribution is -2.34. The predicted octanol–water partition coefficient (Wildman–Crippen LogP) is 5.00. The summed E-state index contributed by atoms with van der Waals surface area (Å²) in [7, 11) is 0. The van der Waals surface area contributed by atoms with Crippen molar-refractivity contribution in [2.24, 2.45) is 0 Å². The molecule has 0 bridgehead atoms. The van der Waals surface area contributed by atoms with Crippen molar-refractivity contribution < 1.29 is 18.7 Å². The number of nitrogens with zero attached hydrogens (tertiary/aromatic N) is 1. The highest BCUT2D eigenvalue weighted by Crippen LogP contribution is 2.29. The minimum atomic E-state index is -0.954. The van der Waals surface area contributed by atoms with E-state index in [9.17, 15) is 18.7 Å². The van der Waals surface area contributed by atoms with Crippen LogP contribution in [0.2, 0.25) is 0 Å². The number of benzene rings is 2. The molecule has 0 spiro atoms. The second-order valence-electron chi connectivity index (χ2n) is 6.52. The number of carboxylic acid groups (broad SMARTS) is 1. The summed E-state index contributed by atoms with van der Waals surface area (Å²) in [4.78, 5) is 13.6. The van der Waals surface area contributed by atoms with Crippen LogP contribution in [-0.2, 0) is 17.8 Å². The fourth-order valence-corrected chi connectivity index (χ4v) is 4.29. The minimum absolute atomic E-state index is 0.253. The van der Waals surface area contributed by atoms with Gasteiger partial charge in [-0.2, -0.15) is 0 Å². The van der Waals surface area contributed by atoms with Crippen LogP contribution in [-0.4, -0.2) is 27.1 Å². The molecule has 0 amide bonds. The zero-order valence-electron chi connectivity index (χ0n) is 15.2. The molecule has 146 valence electrons. The number of hydrogen-bond donors (Lipinski definition) is 1. The first-order chi connectivity index (χ1) is 13.5. The Balaban J connectivity index is 1.62. The van der Waals surface area contributed by atoms with E-state index >= 15 is 0 Å². The van der Waals surface area contributed by atoms with E-state index in [0.29, 0.717) is 12.1 Å². The summed E-state index contributed by atoms with van der Waals surface area (Å²) in [6, 6.07) is 12.7. The molecule has 3 nitrogen and oxygen atoms in total. The molecule has 3 rings (SSSR count). The maximum atomic E-state index is 13.5. The quantitative estimate of drug-likeness (QED) is 0.632. The molecule has 1 N–H and O–H groups in total. The van der Waals surface area contributed by atoms with Crippen LogP contribution < -0.4 is 0 Å². The molecule has 1 heterocycles. The monoisotopic (exact) mass is 401 g/mol. The second-order valence-corrected chi connectivity index (χ2v) is 7.71. The zero-order chi connectivity index (χ0) is 19.9. The third kappa shape index (κ3) is 5.45. The van der Waals surface area contributed by atoms with Gasteiger partial charge in [-0.3, -0.25) is 0 Å². The summed E-state index contributed by atoms with van der Waals surface area (Å²) < 4.78 is 26.5. The maximum Gasteiger partial charge on any atom is 0.334 e. The van der Waals surface area contributed by atoms with Crippen LogP contribution in [0.25, 0.3) is 0 Å².